The van der Waals surface area contributed by atoms with Crippen molar-refractivity contribution in [1.82, 2.24) is 15.1 Å². The van der Waals surface area contributed by atoms with Crippen molar-refractivity contribution in [1.29, 1.82) is 0 Å². The van der Waals surface area contributed by atoms with Crippen molar-refractivity contribution >= 4 is 12.0 Å². The van der Waals surface area contributed by atoms with Gasteiger partial charge >= 0.3 is 0 Å². The topological polar surface area (TPSA) is 67.2 Å². The van der Waals surface area contributed by atoms with E-state index in [1.807, 2.05) is 37.5 Å². The Morgan fingerprint density at radius 1 is 1.48 bits per heavy atom. The third kappa shape index (κ3) is 2.87. The van der Waals surface area contributed by atoms with Gasteiger partial charge in [0.15, 0.2) is 0 Å². The van der Waals surface area contributed by atoms with Crippen LogP contribution in [0.25, 0.3) is 6.08 Å². The number of carbonyl (C=O) groups excluding carboxylic acids is 1. The van der Waals surface area contributed by atoms with E-state index in [0.717, 1.165) is 16.7 Å². The zero-order valence-electron chi connectivity index (χ0n) is 11.7. The van der Waals surface area contributed by atoms with Crippen LogP contribution in [0.2, 0.25) is 0 Å². The minimum atomic E-state index is -0.571. The quantitative estimate of drug-likeness (QED) is 0.832. The average molecular weight is 283 g/mol. The van der Waals surface area contributed by atoms with Crippen LogP contribution in [0.5, 0.6) is 0 Å². The Hall–Kier alpha value is -2.40. The lowest BCUT2D eigenvalue weighted by atomic mass is 10.1. The summed E-state index contributed by atoms with van der Waals surface area (Å²) < 4.78 is 1.68. The Bertz CT molecular complexity index is 690. The number of amides is 1. The first-order valence-corrected chi connectivity index (χ1v) is 6.86. The molecule has 3 rings (SSSR count). The van der Waals surface area contributed by atoms with Crippen molar-refractivity contribution in [3.05, 3.63) is 59.4 Å². The second-order valence-corrected chi connectivity index (χ2v) is 5.24. The van der Waals surface area contributed by atoms with E-state index in [0.29, 0.717) is 6.42 Å². The molecule has 0 unspecified atom stereocenters. The monoisotopic (exact) mass is 283 g/mol. The fraction of sp³-hybridized carbons (Fsp3) is 0.250. The maximum Gasteiger partial charge on any atom is 0.244 e. The second-order valence-electron chi connectivity index (χ2n) is 5.24. The Balaban J connectivity index is 1.69. The number of aliphatic hydroxyl groups excluding tert-OH is 1. The molecule has 0 saturated heterocycles. The van der Waals surface area contributed by atoms with E-state index in [4.69, 9.17) is 0 Å². The Morgan fingerprint density at radius 3 is 3.05 bits per heavy atom. The van der Waals surface area contributed by atoms with Crippen LogP contribution in [0, 0.1) is 0 Å². The molecule has 2 N–H and O–H groups in total. The van der Waals surface area contributed by atoms with Crippen LogP contribution in [0.15, 0.2) is 42.7 Å². The third-order valence-electron chi connectivity index (χ3n) is 3.65. The highest BCUT2D eigenvalue weighted by molar-refractivity contribution is 5.92. The molecule has 5 nitrogen and oxygen atoms in total. The Morgan fingerprint density at radius 2 is 2.29 bits per heavy atom. The van der Waals surface area contributed by atoms with Crippen LogP contribution < -0.4 is 5.32 Å². The van der Waals surface area contributed by atoms with Gasteiger partial charge in [0.05, 0.1) is 18.3 Å². The molecule has 0 radical (unpaired) electrons. The molecule has 1 aromatic heterocycles. The second kappa shape index (κ2) is 5.54. The summed E-state index contributed by atoms with van der Waals surface area (Å²) in [5, 5.41) is 17.0. The number of carbonyl (C=O) groups is 1. The number of aryl methyl sites for hydroxylation is 1. The Labute approximate surface area is 122 Å². The zero-order chi connectivity index (χ0) is 14.8. The van der Waals surface area contributed by atoms with Gasteiger partial charge in [-0.2, -0.15) is 5.10 Å². The molecular weight excluding hydrogens is 266 g/mol. The van der Waals surface area contributed by atoms with Gasteiger partial charge in [0.1, 0.15) is 0 Å². The van der Waals surface area contributed by atoms with Crippen molar-refractivity contribution in [2.24, 2.45) is 7.05 Å². The summed E-state index contributed by atoms with van der Waals surface area (Å²) >= 11 is 0. The molecule has 5 heteroatoms. The van der Waals surface area contributed by atoms with E-state index < -0.39 is 6.10 Å². The van der Waals surface area contributed by atoms with E-state index in [2.05, 4.69) is 10.4 Å². The predicted molar refractivity (Wildman–Crippen MR) is 79.3 cm³/mol. The highest BCUT2D eigenvalue weighted by Crippen LogP contribution is 2.31. The highest BCUT2D eigenvalue weighted by Gasteiger charge is 2.31. The largest absolute Gasteiger partial charge is 0.390 e. The molecule has 0 fully saturated rings. The SMILES string of the molecule is Cn1cc(/C=C/C(=O)N[C@@H]2c3ccccc3C[C@@H]2O)cn1. The van der Waals surface area contributed by atoms with E-state index in [9.17, 15) is 9.90 Å². The minimum absolute atomic E-state index is 0.223. The molecule has 1 heterocycles. The van der Waals surface area contributed by atoms with E-state index in [1.54, 1.807) is 17.0 Å². The summed E-state index contributed by atoms with van der Waals surface area (Å²) in [7, 11) is 1.82. The molecule has 2 aromatic rings. The minimum Gasteiger partial charge on any atom is -0.390 e. The number of hydrogen-bond acceptors (Lipinski definition) is 3. The molecular formula is C16H17N3O2. The standard InChI is InChI=1S/C16H17N3O2/c1-19-10-11(9-17-19)6-7-15(21)18-16-13-5-3-2-4-12(13)8-14(16)20/h2-7,9-10,14,16,20H,8H2,1H3,(H,18,21)/b7-6+/t14-,16+/m0/s1. The van der Waals surface area contributed by atoms with Crippen molar-refractivity contribution in [2.75, 3.05) is 0 Å². The zero-order valence-corrected chi connectivity index (χ0v) is 11.7. The number of aromatic nitrogens is 2. The third-order valence-corrected chi connectivity index (χ3v) is 3.65. The van der Waals surface area contributed by atoms with Crippen LogP contribution in [0.3, 0.4) is 0 Å². The van der Waals surface area contributed by atoms with Crippen molar-refractivity contribution in [2.45, 2.75) is 18.6 Å². The smallest absolute Gasteiger partial charge is 0.244 e. The number of aliphatic hydroxyl groups is 1. The van der Waals surface area contributed by atoms with Gasteiger partial charge in [-0.05, 0) is 17.2 Å². The summed E-state index contributed by atoms with van der Waals surface area (Å²) in [5.74, 6) is -0.223. The van der Waals surface area contributed by atoms with Crippen LogP contribution in [-0.2, 0) is 18.3 Å². The molecule has 1 aliphatic carbocycles. The molecule has 108 valence electrons. The van der Waals surface area contributed by atoms with Crippen molar-refractivity contribution in [3.63, 3.8) is 0 Å². The molecule has 1 amide bonds. The summed E-state index contributed by atoms with van der Waals surface area (Å²) in [5.41, 5.74) is 2.94. The van der Waals surface area contributed by atoms with Gasteiger partial charge in [-0.15, -0.1) is 0 Å². The number of nitrogens with zero attached hydrogens (tertiary/aromatic N) is 2. The first-order chi connectivity index (χ1) is 10.1. The fourth-order valence-electron chi connectivity index (χ4n) is 2.65. The number of hydrogen-bond donors (Lipinski definition) is 2. The average Bonchev–Trinajstić information content (AvgIpc) is 3.01. The molecule has 1 aliphatic rings. The van der Waals surface area contributed by atoms with Gasteiger partial charge in [0.2, 0.25) is 5.91 Å². The van der Waals surface area contributed by atoms with E-state index in [-0.39, 0.29) is 11.9 Å². The molecule has 21 heavy (non-hydrogen) atoms. The van der Waals surface area contributed by atoms with Gasteiger partial charge in [0, 0.05) is 31.3 Å². The normalized spacial score (nSPS) is 20.7. The molecule has 0 saturated carbocycles. The van der Waals surface area contributed by atoms with Gasteiger partial charge in [-0.25, -0.2) is 0 Å². The maximum absolute atomic E-state index is 12.0. The number of nitrogens with one attached hydrogen (secondary N) is 1. The van der Waals surface area contributed by atoms with Crippen LogP contribution >= 0.6 is 0 Å². The summed E-state index contributed by atoms with van der Waals surface area (Å²) in [4.78, 5) is 12.0. The Kier molecular flexibility index (Phi) is 3.58. The summed E-state index contributed by atoms with van der Waals surface area (Å²) in [6.07, 6.45) is 6.68. The molecule has 1 aromatic carbocycles. The van der Waals surface area contributed by atoms with E-state index in [1.165, 1.54) is 6.08 Å². The first kappa shape index (κ1) is 13.6. The van der Waals surface area contributed by atoms with Crippen molar-refractivity contribution < 1.29 is 9.90 Å². The molecule has 0 spiro atoms. The molecule has 0 bridgehead atoms. The van der Waals surface area contributed by atoms with Crippen LogP contribution in [0.1, 0.15) is 22.7 Å². The van der Waals surface area contributed by atoms with Crippen LogP contribution in [-0.4, -0.2) is 26.9 Å². The summed E-state index contributed by atoms with van der Waals surface area (Å²) in [6, 6.07) is 7.45. The van der Waals surface area contributed by atoms with Gasteiger partial charge in [-0.3, -0.25) is 9.48 Å². The lowest BCUT2D eigenvalue weighted by Gasteiger charge is -2.16. The van der Waals surface area contributed by atoms with Gasteiger partial charge in [0.25, 0.3) is 0 Å². The predicted octanol–water partition coefficient (Wildman–Crippen LogP) is 1.21. The van der Waals surface area contributed by atoms with Gasteiger partial charge < -0.3 is 10.4 Å². The molecule has 2 atom stereocenters. The molecule has 0 aliphatic heterocycles. The van der Waals surface area contributed by atoms with Crippen molar-refractivity contribution in [3.8, 4) is 0 Å². The lowest BCUT2D eigenvalue weighted by Crippen LogP contribution is -2.32. The van der Waals surface area contributed by atoms with Crippen LogP contribution in [0.4, 0.5) is 0 Å². The fourth-order valence-corrected chi connectivity index (χ4v) is 2.65. The lowest BCUT2D eigenvalue weighted by molar-refractivity contribution is -0.117. The number of benzene rings is 1. The van der Waals surface area contributed by atoms with E-state index >= 15 is 0 Å². The maximum atomic E-state index is 12.0. The first-order valence-electron chi connectivity index (χ1n) is 6.86. The summed E-state index contributed by atoms with van der Waals surface area (Å²) in [6.45, 7) is 0. The highest BCUT2D eigenvalue weighted by atomic mass is 16.3. The number of rotatable bonds is 3. The van der Waals surface area contributed by atoms with Gasteiger partial charge in [-0.1, -0.05) is 24.3 Å². The number of fused-ring (bicyclic) bond motifs is 1.